The molecule has 0 fully saturated rings. The molecular formula is C14H10BrClFNO. The van der Waals surface area contributed by atoms with E-state index in [1.165, 1.54) is 12.1 Å². The largest absolute Gasteiger partial charge is 0.399 e. The molecule has 0 radical (unpaired) electrons. The number of nitrogens with two attached hydrogens (primary N) is 1. The molecule has 0 bridgehead atoms. The Labute approximate surface area is 123 Å². The topological polar surface area (TPSA) is 43.1 Å². The van der Waals surface area contributed by atoms with Gasteiger partial charge in [-0.1, -0.05) is 33.6 Å². The maximum atomic E-state index is 13.6. The van der Waals surface area contributed by atoms with Gasteiger partial charge in [0.05, 0.1) is 0 Å². The summed E-state index contributed by atoms with van der Waals surface area (Å²) in [6, 6.07) is 9.26. The first-order valence-electron chi connectivity index (χ1n) is 5.50. The van der Waals surface area contributed by atoms with Crippen molar-refractivity contribution in [2.24, 2.45) is 0 Å². The van der Waals surface area contributed by atoms with Crippen LogP contribution < -0.4 is 5.73 Å². The van der Waals surface area contributed by atoms with Crippen LogP contribution in [-0.2, 0) is 6.42 Å². The van der Waals surface area contributed by atoms with E-state index in [1.807, 2.05) is 0 Å². The first kappa shape index (κ1) is 14.0. The highest BCUT2D eigenvalue weighted by atomic mass is 79.9. The molecule has 0 aromatic heterocycles. The average molecular weight is 343 g/mol. The second-order valence-electron chi connectivity index (χ2n) is 4.04. The molecule has 0 aliphatic rings. The molecule has 2 aromatic carbocycles. The second-order valence-corrected chi connectivity index (χ2v) is 5.30. The third-order valence-electron chi connectivity index (χ3n) is 2.69. The van der Waals surface area contributed by atoms with E-state index in [9.17, 15) is 9.18 Å². The Morgan fingerprint density at radius 2 is 2.05 bits per heavy atom. The fourth-order valence-electron chi connectivity index (χ4n) is 1.71. The standard InChI is InChI=1S/C14H10BrClFNO/c15-11-5-4-8(18)6-9(11)14(19)7-10-12(16)2-1-3-13(10)17/h1-6H,7,18H2. The van der Waals surface area contributed by atoms with E-state index >= 15 is 0 Å². The number of hydrogen-bond donors (Lipinski definition) is 1. The number of anilines is 1. The molecule has 2 rings (SSSR count). The highest BCUT2D eigenvalue weighted by Crippen LogP contribution is 2.24. The van der Waals surface area contributed by atoms with Crippen LogP contribution in [0, 0.1) is 5.82 Å². The molecule has 2 N–H and O–H groups in total. The lowest BCUT2D eigenvalue weighted by Crippen LogP contribution is -2.07. The van der Waals surface area contributed by atoms with Crippen molar-refractivity contribution in [2.45, 2.75) is 6.42 Å². The highest BCUT2D eigenvalue weighted by molar-refractivity contribution is 9.10. The molecule has 2 nitrogen and oxygen atoms in total. The highest BCUT2D eigenvalue weighted by Gasteiger charge is 2.15. The van der Waals surface area contributed by atoms with Gasteiger partial charge in [-0.2, -0.15) is 0 Å². The molecular weight excluding hydrogens is 333 g/mol. The van der Waals surface area contributed by atoms with E-state index in [1.54, 1.807) is 24.3 Å². The van der Waals surface area contributed by atoms with Gasteiger partial charge < -0.3 is 5.73 Å². The van der Waals surface area contributed by atoms with Crippen molar-refractivity contribution in [2.75, 3.05) is 5.73 Å². The molecule has 0 aliphatic heterocycles. The number of benzene rings is 2. The first-order valence-corrected chi connectivity index (χ1v) is 6.67. The van der Waals surface area contributed by atoms with Crippen molar-refractivity contribution in [1.82, 2.24) is 0 Å². The molecule has 0 atom stereocenters. The lowest BCUT2D eigenvalue weighted by molar-refractivity contribution is 0.0991. The van der Waals surface area contributed by atoms with Gasteiger partial charge in [-0.05, 0) is 30.3 Å². The molecule has 19 heavy (non-hydrogen) atoms. The van der Waals surface area contributed by atoms with Gasteiger partial charge in [-0.3, -0.25) is 4.79 Å². The normalized spacial score (nSPS) is 10.5. The van der Waals surface area contributed by atoms with Crippen molar-refractivity contribution >= 4 is 39.0 Å². The lowest BCUT2D eigenvalue weighted by Gasteiger charge is -2.07. The summed E-state index contributed by atoms with van der Waals surface area (Å²) in [4.78, 5) is 12.2. The molecule has 0 heterocycles. The number of carbonyl (C=O) groups excluding carboxylic acids is 1. The minimum Gasteiger partial charge on any atom is -0.399 e. The van der Waals surface area contributed by atoms with Crippen molar-refractivity contribution < 1.29 is 9.18 Å². The van der Waals surface area contributed by atoms with Gasteiger partial charge in [-0.15, -0.1) is 0 Å². The minimum absolute atomic E-state index is 0.104. The number of hydrogen-bond acceptors (Lipinski definition) is 2. The number of carbonyl (C=O) groups is 1. The van der Waals surface area contributed by atoms with Gasteiger partial charge in [0.1, 0.15) is 5.82 Å². The smallest absolute Gasteiger partial charge is 0.168 e. The molecule has 0 saturated carbocycles. The maximum Gasteiger partial charge on any atom is 0.168 e. The Bertz CT molecular complexity index is 625. The van der Waals surface area contributed by atoms with Crippen LogP contribution >= 0.6 is 27.5 Å². The van der Waals surface area contributed by atoms with E-state index in [-0.39, 0.29) is 22.8 Å². The van der Waals surface area contributed by atoms with Gasteiger partial charge in [0.2, 0.25) is 0 Å². The monoisotopic (exact) mass is 341 g/mol. The molecule has 0 amide bonds. The second kappa shape index (κ2) is 5.72. The van der Waals surface area contributed by atoms with Crippen molar-refractivity contribution in [1.29, 1.82) is 0 Å². The quantitative estimate of drug-likeness (QED) is 0.669. The molecule has 98 valence electrons. The third kappa shape index (κ3) is 3.14. The molecule has 2 aromatic rings. The molecule has 0 unspecified atom stereocenters. The van der Waals surface area contributed by atoms with E-state index in [0.717, 1.165) is 0 Å². The number of nitrogen functional groups attached to an aromatic ring is 1. The summed E-state index contributed by atoms with van der Waals surface area (Å²) in [6.45, 7) is 0. The Hall–Kier alpha value is -1.39. The van der Waals surface area contributed by atoms with Crippen LogP contribution in [0.5, 0.6) is 0 Å². The van der Waals surface area contributed by atoms with Crippen LogP contribution in [0.2, 0.25) is 5.02 Å². The summed E-state index contributed by atoms with van der Waals surface area (Å²) in [5.74, 6) is -0.730. The SMILES string of the molecule is Nc1ccc(Br)c(C(=O)Cc2c(F)cccc2Cl)c1. The Morgan fingerprint density at radius 3 is 2.74 bits per heavy atom. The van der Waals surface area contributed by atoms with Crippen LogP contribution in [0.4, 0.5) is 10.1 Å². The summed E-state index contributed by atoms with van der Waals surface area (Å²) in [5, 5.41) is 0.244. The van der Waals surface area contributed by atoms with Crippen molar-refractivity contribution in [3.05, 3.63) is 62.8 Å². The summed E-state index contributed by atoms with van der Waals surface area (Å²) in [7, 11) is 0. The number of ketones is 1. The summed E-state index contributed by atoms with van der Waals surface area (Å²) in [5.41, 5.74) is 6.74. The van der Waals surface area contributed by atoms with Crippen molar-refractivity contribution in [3.63, 3.8) is 0 Å². The van der Waals surface area contributed by atoms with Crippen LogP contribution in [0.1, 0.15) is 15.9 Å². The number of Topliss-reactive ketones (excluding diaryl/α,β-unsaturated/α-hetero) is 1. The first-order chi connectivity index (χ1) is 8.99. The summed E-state index contributed by atoms with van der Waals surface area (Å²) in [6.07, 6.45) is -0.104. The third-order valence-corrected chi connectivity index (χ3v) is 3.74. The Morgan fingerprint density at radius 1 is 1.32 bits per heavy atom. The van der Waals surface area contributed by atoms with Crippen LogP contribution in [0.15, 0.2) is 40.9 Å². The zero-order valence-electron chi connectivity index (χ0n) is 9.79. The fourth-order valence-corrected chi connectivity index (χ4v) is 2.41. The van der Waals surface area contributed by atoms with E-state index in [4.69, 9.17) is 17.3 Å². The predicted octanol–water partition coefficient (Wildman–Crippen LogP) is 4.25. The van der Waals surface area contributed by atoms with Crippen LogP contribution in [-0.4, -0.2) is 5.78 Å². The van der Waals surface area contributed by atoms with E-state index < -0.39 is 5.82 Å². The average Bonchev–Trinajstić information content (AvgIpc) is 2.37. The van der Waals surface area contributed by atoms with Crippen LogP contribution in [0.3, 0.4) is 0 Å². The van der Waals surface area contributed by atoms with Crippen molar-refractivity contribution in [3.8, 4) is 0 Å². The zero-order chi connectivity index (χ0) is 14.0. The summed E-state index contributed by atoms with van der Waals surface area (Å²) >= 11 is 9.18. The van der Waals surface area contributed by atoms with E-state index in [0.29, 0.717) is 15.7 Å². The summed E-state index contributed by atoms with van der Waals surface area (Å²) < 4.78 is 14.3. The maximum absolute atomic E-state index is 13.6. The lowest BCUT2D eigenvalue weighted by atomic mass is 10.0. The Balaban J connectivity index is 2.34. The van der Waals surface area contributed by atoms with Gasteiger partial charge >= 0.3 is 0 Å². The van der Waals surface area contributed by atoms with Crippen LogP contribution in [0.25, 0.3) is 0 Å². The number of rotatable bonds is 3. The van der Waals surface area contributed by atoms with E-state index in [2.05, 4.69) is 15.9 Å². The molecule has 0 saturated heterocycles. The Kier molecular flexibility index (Phi) is 4.22. The minimum atomic E-state index is -0.485. The van der Waals surface area contributed by atoms with Gasteiger partial charge in [-0.25, -0.2) is 4.39 Å². The number of halogens is 3. The predicted molar refractivity (Wildman–Crippen MR) is 78.0 cm³/mol. The molecule has 5 heteroatoms. The zero-order valence-corrected chi connectivity index (χ0v) is 12.1. The fraction of sp³-hybridized carbons (Fsp3) is 0.0714. The molecule has 0 aliphatic carbocycles. The molecule has 0 spiro atoms. The van der Waals surface area contributed by atoms with Gasteiger partial charge in [0.25, 0.3) is 0 Å². The van der Waals surface area contributed by atoms with Gasteiger partial charge in [0, 0.05) is 32.7 Å². The van der Waals surface area contributed by atoms with Gasteiger partial charge in [0.15, 0.2) is 5.78 Å².